The zero-order valence-corrected chi connectivity index (χ0v) is 57.2. The summed E-state index contributed by atoms with van der Waals surface area (Å²) in [6.45, 7) is 12.2. The van der Waals surface area contributed by atoms with Crippen molar-refractivity contribution in [3.8, 4) is 61.6 Å². The van der Waals surface area contributed by atoms with Crippen LogP contribution >= 0.6 is 8.46 Å². The SMILES string of the molecule is CC(O)CC(C)O.CC1(C)c2ccccc2-c2ccc(N(c3ccc(-c4ccccc4)cc3)c3ccc(-c4ccc5c(c4)c4ccccc4n5-c4ccccc4)cc3)cc21.Cc1ccccc1-c1ncnc(-c2[c-]cccc2)c1C.[B]PCF.[BiH2].[Ir]. The number of nitrogens with zero attached hydrogens (tertiary/aromatic N) is 4. The molecule has 13 rings (SSSR count). The zero-order chi connectivity index (χ0) is 58.7. The Morgan fingerprint density at radius 1 is 0.547 bits per heavy atom. The number of para-hydroxylation sites is 2. The molecule has 0 saturated heterocycles. The third kappa shape index (κ3) is 14.4. The van der Waals surface area contributed by atoms with Crippen LogP contribution in [0.3, 0.4) is 0 Å². The maximum absolute atomic E-state index is 10.6. The normalized spacial score (nSPS) is 12.4. The molecule has 10 aromatic carbocycles. The Morgan fingerprint density at radius 2 is 1.06 bits per heavy atom. The molecule has 11 heteroatoms. The molecule has 1 aliphatic rings. The van der Waals surface area contributed by atoms with Gasteiger partial charge in [-0.05, 0) is 162 Å². The molecule has 0 aliphatic heterocycles. The van der Waals surface area contributed by atoms with E-state index in [4.69, 9.17) is 10.2 Å². The van der Waals surface area contributed by atoms with Gasteiger partial charge < -0.3 is 19.7 Å². The number of aliphatic hydroxyl groups excluding tert-OH is 2. The van der Waals surface area contributed by atoms with E-state index in [0.717, 1.165) is 45.1 Å². The molecule has 4 radical (unpaired) electrons. The van der Waals surface area contributed by atoms with Crippen LogP contribution in [0.15, 0.2) is 249 Å². The molecule has 0 fully saturated rings. The molecule has 432 valence electrons. The van der Waals surface area contributed by atoms with Crippen LogP contribution < -0.4 is 4.90 Å². The van der Waals surface area contributed by atoms with Crippen LogP contribution in [-0.4, -0.2) is 77.1 Å². The van der Waals surface area contributed by atoms with Crippen LogP contribution in [0.5, 0.6) is 0 Å². The molecule has 2 N–H and O–H groups in total. The second kappa shape index (κ2) is 29.9. The minimum absolute atomic E-state index is 0. The van der Waals surface area contributed by atoms with Gasteiger partial charge in [-0.15, -0.1) is 44.4 Å². The number of aryl methyl sites for hydroxylation is 1. The van der Waals surface area contributed by atoms with E-state index in [1.165, 1.54) is 77.6 Å². The monoisotopic (exact) mass is 1520 g/mol. The van der Waals surface area contributed by atoms with Gasteiger partial charge in [0, 0.05) is 64.6 Å². The maximum Gasteiger partial charge on any atom is 0 e. The minimum Gasteiger partial charge on any atom is 0 e. The van der Waals surface area contributed by atoms with Gasteiger partial charge in [-0.3, -0.25) is 4.98 Å². The molecule has 12 aromatic rings. The second-order valence-corrected chi connectivity index (χ2v) is 22.3. The first-order chi connectivity index (χ1) is 40.9. The Balaban J connectivity index is 0.000000240. The Hall–Kier alpha value is -7.24. The van der Waals surface area contributed by atoms with Gasteiger partial charge in [0.1, 0.15) is 13.9 Å². The summed E-state index contributed by atoms with van der Waals surface area (Å²) in [7, 11) is 4.65. The van der Waals surface area contributed by atoms with E-state index in [1.54, 1.807) is 20.2 Å². The van der Waals surface area contributed by atoms with Crippen molar-refractivity contribution < 1.29 is 34.7 Å². The van der Waals surface area contributed by atoms with Gasteiger partial charge >= 0.3 is 26.2 Å². The molecule has 2 aromatic heterocycles. The van der Waals surface area contributed by atoms with E-state index in [9.17, 15) is 4.39 Å². The quantitative estimate of drug-likeness (QED) is 0.0767. The van der Waals surface area contributed by atoms with Gasteiger partial charge in [0.2, 0.25) is 0 Å². The molecule has 0 spiro atoms. The number of aliphatic hydroxyl groups is 2. The molecule has 0 amide bonds. The van der Waals surface area contributed by atoms with E-state index >= 15 is 0 Å². The van der Waals surface area contributed by atoms with Crippen molar-refractivity contribution >= 4 is 81.1 Å². The van der Waals surface area contributed by atoms with Crippen molar-refractivity contribution in [3.63, 3.8) is 0 Å². The summed E-state index contributed by atoms with van der Waals surface area (Å²) in [6, 6.07) is 90.2. The Bertz CT molecular complexity index is 4140. The first-order valence-electron chi connectivity index (χ1n) is 28.5. The number of aromatic nitrogens is 3. The maximum atomic E-state index is 10.6. The number of halogens is 1. The Morgan fingerprint density at radius 3 is 1.67 bits per heavy atom. The molecule has 0 saturated carbocycles. The summed E-state index contributed by atoms with van der Waals surface area (Å²) >= 11 is 0. The van der Waals surface area contributed by atoms with Crippen molar-refractivity contribution in [2.75, 3.05) is 11.3 Å². The van der Waals surface area contributed by atoms with Crippen LogP contribution in [0.25, 0.3) is 83.4 Å². The molecule has 2 heterocycles. The first-order valence-corrected chi connectivity index (χ1v) is 29.7. The van der Waals surface area contributed by atoms with Crippen LogP contribution in [0.2, 0.25) is 0 Å². The van der Waals surface area contributed by atoms with E-state index in [2.05, 4.69) is 267 Å². The van der Waals surface area contributed by atoms with Crippen LogP contribution in [0.1, 0.15) is 56.4 Å². The number of benzene rings is 10. The van der Waals surface area contributed by atoms with Gasteiger partial charge in [0.05, 0.1) is 35.4 Å². The number of alkyl halides is 1. The fourth-order valence-electron chi connectivity index (χ4n) is 11.4. The Labute approximate surface area is 541 Å². The van der Waals surface area contributed by atoms with Crippen molar-refractivity contribution in [2.24, 2.45) is 0 Å². The summed E-state index contributed by atoms with van der Waals surface area (Å²) in [6.07, 6.45) is 0.977. The average molecular weight is 1520 g/mol. The molecule has 0 bridgehead atoms. The van der Waals surface area contributed by atoms with Crippen molar-refractivity contribution in [1.82, 2.24) is 14.5 Å². The third-order valence-corrected chi connectivity index (χ3v) is 15.6. The largest absolute Gasteiger partial charge is 0 e. The number of anilines is 3. The fourth-order valence-corrected chi connectivity index (χ4v) is 11.4. The molecule has 6 nitrogen and oxygen atoms in total. The summed E-state index contributed by atoms with van der Waals surface area (Å²) in [5.41, 5.74) is 23.6. The van der Waals surface area contributed by atoms with E-state index in [-0.39, 0.29) is 78.8 Å². The fraction of sp³-hybridized carbons (Fsp3) is 0.147. The van der Waals surface area contributed by atoms with Gasteiger partial charge in [0.15, 0.2) is 0 Å². The van der Waals surface area contributed by atoms with Crippen molar-refractivity contribution in [3.05, 3.63) is 277 Å². The molecule has 86 heavy (non-hydrogen) atoms. The van der Waals surface area contributed by atoms with Crippen LogP contribution in [-0.2, 0) is 25.5 Å². The van der Waals surface area contributed by atoms with Gasteiger partial charge in [0.25, 0.3) is 0 Å². The first kappa shape index (κ1) is 64.7. The minimum atomic E-state index is -0.375. The third-order valence-electron chi connectivity index (χ3n) is 15.4. The molecular formula is C75H70BBiFIrN4O2P-. The van der Waals surface area contributed by atoms with E-state index in [1.807, 2.05) is 36.4 Å². The zero-order valence-electron chi connectivity index (χ0n) is 49.3. The summed E-state index contributed by atoms with van der Waals surface area (Å²) in [4.78, 5) is 11.3. The molecular weight excluding hydrogens is 1450 g/mol. The topological polar surface area (TPSA) is 74.4 Å². The van der Waals surface area contributed by atoms with E-state index < -0.39 is 0 Å². The Kier molecular flexibility index (Phi) is 22.5. The number of hydrogen-bond acceptors (Lipinski definition) is 5. The van der Waals surface area contributed by atoms with Gasteiger partial charge in [-0.1, -0.05) is 166 Å². The number of fused-ring (bicyclic) bond motifs is 6. The smallest absolute Gasteiger partial charge is 0 e. The summed E-state index contributed by atoms with van der Waals surface area (Å²) in [5.74, 6) is 0. The van der Waals surface area contributed by atoms with Crippen LogP contribution in [0, 0.1) is 19.9 Å². The number of rotatable bonds is 11. The van der Waals surface area contributed by atoms with Crippen molar-refractivity contribution in [1.29, 1.82) is 0 Å². The van der Waals surface area contributed by atoms with Crippen LogP contribution in [0.4, 0.5) is 21.5 Å². The standard InChI is InChI=1S/C51H38N2.C18H15N2.C5H12O2.CH3BFP.Bi.Ir.2H/c1-51(2)47-19-11-9-17-43(47)44-31-30-42(34-48(44)51)52(40-26-21-36(22-27-40)35-13-5-3-6-14-35)41-28-23-37(24-29-41)38-25-32-50-46(33-38)45-18-10-12-20-49(45)53(50)39-15-7-4-8-16-39;1-13-8-6-7-11-16(13)18-14(2)17(19-12-20-18)15-9-4-3-5-10-15;1-4(6)3-5(2)7;2-4-1-3;;;;/h3-34H,1-2H3;3-9,11-12H,1-2H3;4-7H,3H2,1-2H3;4H,1H2;;;;/q;-1;;;;;;. The molecule has 1 aliphatic carbocycles. The second-order valence-electron chi connectivity index (χ2n) is 21.7. The average Bonchev–Trinajstić information content (AvgIpc) is 1.78. The van der Waals surface area contributed by atoms with E-state index in [0.29, 0.717) is 6.42 Å². The number of hydrogen-bond donors (Lipinski definition) is 2. The van der Waals surface area contributed by atoms with Crippen molar-refractivity contribution in [2.45, 2.75) is 65.6 Å². The molecule has 3 unspecified atom stereocenters. The molecule has 3 atom stereocenters. The van der Waals surface area contributed by atoms with Gasteiger partial charge in [-0.25, -0.2) is 9.37 Å². The van der Waals surface area contributed by atoms with Gasteiger partial charge in [-0.2, -0.15) is 0 Å². The summed E-state index contributed by atoms with van der Waals surface area (Å²) < 4.78 is 13.0. The summed E-state index contributed by atoms with van der Waals surface area (Å²) in [5, 5.41) is 19.6. The predicted octanol–water partition coefficient (Wildman–Crippen LogP) is 18.0. The predicted molar refractivity (Wildman–Crippen MR) is 362 cm³/mol.